The number of nitrogens with one attached hydrogen (secondary N) is 1. The third-order valence-electron chi connectivity index (χ3n) is 4.17. The topological polar surface area (TPSA) is 69.6 Å². The van der Waals surface area contributed by atoms with E-state index in [9.17, 15) is 13.5 Å². The van der Waals surface area contributed by atoms with Crippen molar-refractivity contribution in [3.05, 3.63) is 66.7 Å². The average molecular weight is 382 g/mol. The van der Waals surface area contributed by atoms with Gasteiger partial charge in [-0.25, -0.2) is 8.42 Å². The first-order valence-electron chi connectivity index (χ1n) is 8.42. The van der Waals surface area contributed by atoms with Crippen LogP contribution in [0.2, 0.25) is 0 Å². The van der Waals surface area contributed by atoms with E-state index in [0.717, 1.165) is 28.6 Å². The van der Waals surface area contributed by atoms with Gasteiger partial charge in [0.2, 0.25) is 10.0 Å². The minimum atomic E-state index is -3.36. The molecular formula is C21H22N2O3S. The minimum absolute atomic E-state index is 0.137. The van der Waals surface area contributed by atoms with Crippen LogP contribution in [0.1, 0.15) is 0 Å². The molecule has 0 saturated carbocycles. The molecule has 0 heterocycles. The lowest BCUT2D eigenvalue weighted by atomic mass is 9.98. The van der Waals surface area contributed by atoms with Gasteiger partial charge >= 0.3 is 0 Å². The van der Waals surface area contributed by atoms with E-state index in [0.29, 0.717) is 11.3 Å². The molecule has 6 heteroatoms. The first kappa shape index (κ1) is 18.8. The van der Waals surface area contributed by atoms with E-state index in [1.165, 1.54) is 0 Å². The molecule has 5 nitrogen and oxygen atoms in total. The summed E-state index contributed by atoms with van der Waals surface area (Å²) in [6.07, 6.45) is 1.11. The Hall–Kier alpha value is -2.99. The van der Waals surface area contributed by atoms with Gasteiger partial charge in [0.15, 0.2) is 0 Å². The fourth-order valence-electron chi connectivity index (χ4n) is 3.02. The summed E-state index contributed by atoms with van der Waals surface area (Å²) in [7, 11) is 0.600. The summed E-state index contributed by atoms with van der Waals surface area (Å²) in [6.45, 7) is 0. The lowest BCUT2D eigenvalue weighted by Crippen LogP contribution is -2.09. The van der Waals surface area contributed by atoms with Gasteiger partial charge in [0.1, 0.15) is 5.75 Å². The molecule has 0 saturated heterocycles. The fraction of sp³-hybridized carbons (Fsp3) is 0.143. The number of rotatable bonds is 5. The van der Waals surface area contributed by atoms with Crippen molar-refractivity contribution in [3.63, 3.8) is 0 Å². The Morgan fingerprint density at radius 3 is 2.22 bits per heavy atom. The molecule has 3 aromatic carbocycles. The molecule has 0 bridgehead atoms. The zero-order valence-electron chi connectivity index (χ0n) is 15.5. The highest BCUT2D eigenvalue weighted by Crippen LogP contribution is 2.37. The highest BCUT2D eigenvalue weighted by atomic mass is 32.2. The van der Waals surface area contributed by atoms with Crippen molar-refractivity contribution in [2.45, 2.75) is 0 Å². The number of sulfonamides is 1. The lowest BCUT2D eigenvalue weighted by molar-refractivity contribution is 0.477. The molecule has 3 aromatic rings. The first-order chi connectivity index (χ1) is 12.7. The molecule has 0 aliphatic carbocycles. The maximum absolute atomic E-state index is 11.4. The smallest absolute Gasteiger partial charge is 0.229 e. The Kier molecular flexibility index (Phi) is 5.10. The summed E-state index contributed by atoms with van der Waals surface area (Å²) in [6, 6.07) is 20.5. The number of para-hydroxylation sites is 1. The van der Waals surface area contributed by atoms with Gasteiger partial charge in [-0.15, -0.1) is 0 Å². The average Bonchev–Trinajstić information content (AvgIpc) is 2.60. The van der Waals surface area contributed by atoms with Crippen molar-refractivity contribution in [2.75, 3.05) is 30.0 Å². The molecule has 0 aliphatic heterocycles. The van der Waals surface area contributed by atoms with Crippen LogP contribution in [-0.4, -0.2) is 33.9 Å². The molecule has 0 aromatic heterocycles. The molecule has 0 fully saturated rings. The molecule has 0 unspecified atom stereocenters. The van der Waals surface area contributed by atoms with Crippen LogP contribution in [0.25, 0.3) is 22.3 Å². The number of hydrogen-bond acceptors (Lipinski definition) is 4. The number of phenols is 1. The molecule has 27 heavy (non-hydrogen) atoms. The second kappa shape index (κ2) is 7.32. The van der Waals surface area contributed by atoms with E-state index in [1.807, 2.05) is 61.5 Å². The summed E-state index contributed by atoms with van der Waals surface area (Å²) in [5, 5.41) is 10.6. The van der Waals surface area contributed by atoms with Crippen LogP contribution >= 0.6 is 0 Å². The van der Waals surface area contributed by atoms with Crippen molar-refractivity contribution in [3.8, 4) is 28.0 Å². The maximum Gasteiger partial charge on any atom is 0.229 e. The Morgan fingerprint density at radius 2 is 1.56 bits per heavy atom. The quantitative estimate of drug-likeness (QED) is 0.695. The van der Waals surface area contributed by atoms with E-state index in [2.05, 4.69) is 4.72 Å². The van der Waals surface area contributed by atoms with E-state index < -0.39 is 10.0 Å². The standard InChI is InChI=1S/C21H22N2O3S/c1-23(2)20-10-5-4-9-18(20)16-11-12-19(21(24)14-16)15-7-6-8-17(13-15)22-27(3,25)26/h4-14,22,24H,1-3H3. The van der Waals surface area contributed by atoms with Crippen LogP contribution in [0, 0.1) is 0 Å². The van der Waals surface area contributed by atoms with Crippen LogP contribution in [-0.2, 0) is 10.0 Å². The summed E-state index contributed by atoms with van der Waals surface area (Å²) in [5.41, 5.74) is 4.81. The molecule has 0 radical (unpaired) electrons. The lowest BCUT2D eigenvalue weighted by Gasteiger charge is -2.18. The van der Waals surface area contributed by atoms with Crippen LogP contribution in [0.15, 0.2) is 66.7 Å². The second-order valence-corrected chi connectivity index (χ2v) is 8.35. The maximum atomic E-state index is 11.4. The number of aromatic hydroxyl groups is 1. The Labute approximate surface area is 160 Å². The van der Waals surface area contributed by atoms with Crippen LogP contribution < -0.4 is 9.62 Å². The number of hydrogen-bond donors (Lipinski definition) is 2. The van der Waals surface area contributed by atoms with Gasteiger partial charge in [-0.2, -0.15) is 0 Å². The zero-order valence-corrected chi connectivity index (χ0v) is 16.3. The largest absolute Gasteiger partial charge is 0.507 e. The molecule has 140 valence electrons. The van der Waals surface area contributed by atoms with Crippen molar-refractivity contribution >= 4 is 21.4 Å². The predicted octanol–water partition coefficient (Wildman–Crippen LogP) is 4.16. The van der Waals surface area contributed by atoms with Gasteiger partial charge in [-0.1, -0.05) is 42.5 Å². The summed E-state index contributed by atoms with van der Waals surface area (Å²) < 4.78 is 25.3. The minimum Gasteiger partial charge on any atom is -0.507 e. The van der Waals surface area contributed by atoms with Crippen molar-refractivity contribution in [2.24, 2.45) is 0 Å². The van der Waals surface area contributed by atoms with E-state index in [4.69, 9.17) is 0 Å². The molecular weight excluding hydrogens is 360 g/mol. The predicted molar refractivity (Wildman–Crippen MR) is 112 cm³/mol. The van der Waals surface area contributed by atoms with Gasteiger partial charge in [0.05, 0.1) is 6.26 Å². The van der Waals surface area contributed by atoms with Crippen LogP contribution in [0.3, 0.4) is 0 Å². The van der Waals surface area contributed by atoms with Crippen LogP contribution in [0.5, 0.6) is 5.75 Å². The van der Waals surface area contributed by atoms with E-state index >= 15 is 0 Å². The molecule has 0 atom stereocenters. The third-order valence-corrected chi connectivity index (χ3v) is 4.78. The number of benzene rings is 3. The van der Waals surface area contributed by atoms with E-state index in [1.54, 1.807) is 24.3 Å². The van der Waals surface area contributed by atoms with Crippen molar-refractivity contribution < 1.29 is 13.5 Å². The van der Waals surface area contributed by atoms with Gasteiger partial charge in [-0.05, 0) is 35.4 Å². The molecule has 3 rings (SSSR count). The first-order valence-corrected chi connectivity index (χ1v) is 10.3. The molecule has 0 spiro atoms. The second-order valence-electron chi connectivity index (χ2n) is 6.60. The number of phenolic OH excluding ortho intramolecular Hbond substituents is 1. The fourth-order valence-corrected chi connectivity index (χ4v) is 3.57. The monoisotopic (exact) mass is 382 g/mol. The molecule has 2 N–H and O–H groups in total. The number of nitrogens with zero attached hydrogens (tertiary/aromatic N) is 1. The summed E-state index contributed by atoms with van der Waals surface area (Å²) >= 11 is 0. The normalized spacial score (nSPS) is 11.2. The van der Waals surface area contributed by atoms with Gasteiger partial charge in [0, 0.05) is 36.6 Å². The van der Waals surface area contributed by atoms with Gasteiger partial charge in [-0.3, -0.25) is 4.72 Å². The third kappa shape index (κ3) is 4.41. The molecule has 0 aliphatic rings. The van der Waals surface area contributed by atoms with Gasteiger partial charge in [0.25, 0.3) is 0 Å². The Bertz CT molecular complexity index is 1080. The highest BCUT2D eigenvalue weighted by Gasteiger charge is 2.11. The summed E-state index contributed by atoms with van der Waals surface area (Å²) in [4.78, 5) is 2.03. The highest BCUT2D eigenvalue weighted by molar-refractivity contribution is 7.92. The molecule has 0 amide bonds. The number of anilines is 2. The van der Waals surface area contributed by atoms with Gasteiger partial charge < -0.3 is 10.0 Å². The Morgan fingerprint density at radius 1 is 0.852 bits per heavy atom. The summed E-state index contributed by atoms with van der Waals surface area (Å²) in [5.74, 6) is 0.137. The van der Waals surface area contributed by atoms with Crippen LogP contribution in [0.4, 0.5) is 11.4 Å². The zero-order chi connectivity index (χ0) is 19.6. The SMILES string of the molecule is CN(C)c1ccccc1-c1ccc(-c2cccc(NS(C)(=O)=O)c2)c(O)c1. The van der Waals surface area contributed by atoms with Crippen molar-refractivity contribution in [1.82, 2.24) is 0 Å². The Balaban J connectivity index is 2.01. The van der Waals surface area contributed by atoms with Crippen molar-refractivity contribution in [1.29, 1.82) is 0 Å². The van der Waals surface area contributed by atoms with E-state index in [-0.39, 0.29) is 5.75 Å².